The van der Waals surface area contributed by atoms with Crippen LogP contribution in [-0.4, -0.2) is 88.2 Å². The standard InChI is InChI=1S/C20H39N5O2.HI/c1-16(2)17(25-10-12-27-13-11-25)14-22-19(21-3)23-15-20(8-6-7-9-20)18(26)24(4)5;/h16-17H,6-15H2,1-5H3,(H2,21,22,23);1H. The van der Waals surface area contributed by atoms with Crippen molar-refractivity contribution in [2.75, 3.05) is 60.5 Å². The summed E-state index contributed by atoms with van der Waals surface area (Å²) >= 11 is 0. The molecule has 0 radical (unpaired) electrons. The molecule has 2 aliphatic rings. The maximum atomic E-state index is 12.7. The van der Waals surface area contributed by atoms with Gasteiger partial charge >= 0.3 is 0 Å². The molecule has 8 heteroatoms. The Balaban J connectivity index is 0.00000392. The third-order valence-electron chi connectivity index (χ3n) is 6.00. The van der Waals surface area contributed by atoms with Crippen LogP contribution in [0.25, 0.3) is 0 Å². The number of aliphatic imine (C=N–C) groups is 1. The number of hydrogen-bond acceptors (Lipinski definition) is 4. The molecule has 1 heterocycles. The fourth-order valence-electron chi connectivity index (χ4n) is 4.36. The van der Waals surface area contributed by atoms with Gasteiger partial charge in [0.25, 0.3) is 0 Å². The molecular weight excluding hydrogens is 469 g/mol. The number of nitrogens with zero attached hydrogens (tertiary/aromatic N) is 3. The van der Waals surface area contributed by atoms with Gasteiger partial charge in [-0.2, -0.15) is 0 Å². The highest BCUT2D eigenvalue weighted by Gasteiger charge is 2.42. The number of nitrogens with one attached hydrogen (secondary N) is 2. The van der Waals surface area contributed by atoms with Gasteiger partial charge in [0.05, 0.1) is 18.6 Å². The molecule has 1 aliphatic carbocycles. The Morgan fingerprint density at radius 2 is 1.79 bits per heavy atom. The molecule has 1 aliphatic heterocycles. The molecule has 2 N–H and O–H groups in total. The van der Waals surface area contributed by atoms with Crippen molar-refractivity contribution in [3.8, 4) is 0 Å². The van der Waals surface area contributed by atoms with Crippen molar-refractivity contribution in [3.63, 3.8) is 0 Å². The van der Waals surface area contributed by atoms with Gasteiger partial charge in [0, 0.05) is 53.4 Å². The number of morpholine rings is 1. The van der Waals surface area contributed by atoms with Gasteiger partial charge in [-0.3, -0.25) is 14.7 Å². The lowest BCUT2D eigenvalue weighted by atomic mass is 9.84. The average molecular weight is 509 g/mol. The second-order valence-corrected chi connectivity index (χ2v) is 8.45. The molecule has 0 aromatic rings. The monoisotopic (exact) mass is 509 g/mol. The van der Waals surface area contributed by atoms with Gasteiger partial charge < -0.3 is 20.3 Å². The normalized spacial score (nSPS) is 21.1. The van der Waals surface area contributed by atoms with Crippen molar-refractivity contribution >= 4 is 35.8 Å². The zero-order valence-electron chi connectivity index (χ0n) is 18.3. The van der Waals surface area contributed by atoms with Gasteiger partial charge in [0.2, 0.25) is 5.91 Å². The second kappa shape index (κ2) is 12.2. The molecule has 2 rings (SSSR count). The number of rotatable bonds is 7. The van der Waals surface area contributed by atoms with Crippen molar-refractivity contribution in [1.82, 2.24) is 20.4 Å². The van der Waals surface area contributed by atoms with Crippen LogP contribution in [0, 0.1) is 11.3 Å². The largest absolute Gasteiger partial charge is 0.379 e. The summed E-state index contributed by atoms with van der Waals surface area (Å²) in [6.45, 7) is 9.60. The van der Waals surface area contributed by atoms with E-state index in [1.807, 2.05) is 14.1 Å². The third kappa shape index (κ3) is 6.73. The average Bonchev–Trinajstić information content (AvgIpc) is 3.14. The fourth-order valence-corrected chi connectivity index (χ4v) is 4.36. The van der Waals surface area contributed by atoms with E-state index in [9.17, 15) is 4.79 Å². The Bertz CT molecular complexity index is 501. The molecule has 7 nitrogen and oxygen atoms in total. The SMILES string of the molecule is CN=C(NCC(C(C)C)N1CCOCC1)NCC1(C(=O)N(C)C)CCCC1.I. The van der Waals surface area contributed by atoms with Gasteiger partial charge in [-0.1, -0.05) is 26.7 Å². The van der Waals surface area contributed by atoms with Gasteiger partial charge in [-0.25, -0.2) is 0 Å². The summed E-state index contributed by atoms with van der Waals surface area (Å²) in [4.78, 5) is 21.4. The van der Waals surface area contributed by atoms with Crippen LogP contribution in [0.3, 0.4) is 0 Å². The first-order valence-corrected chi connectivity index (χ1v) is 10.4. The number of ether oxygens (including phenoxy) is 1. The first kappa shape index (κ1) is 25.4. The Labute approximate surface area is 188 Å². The van der Waals surface area contributed by atoms with Gasteiger partial charge in [0.1, 0.15) is 0 Å². The minimum atomic E-state index is -0.289. The van der Waals surface area contributed by atoms with Crippen LogP contribution in [0.1, 0.15) is 39.5 Å². The summed E-state index contributed by atoms with van der Waals surface area (Å²) in [5.41, 5.74) is -0.289. The van der Waals surface area contributed by atoms with Crippen molar-refractivity contribution in [2.24, 2.45) is 16.3 Å². The molecule has 2 fully saturated rings. The van der Waals surface area contributed by atoms with Crippen LogP contribution in [0.4, 0.5) is 0 Å². The molecule has 1 unspecified atom stereocenters. The van der Waals surface area contributed by atoms with E-state index in [0.717, 1.165) is 64.5 Å². The summed E-state index contributed by atoms with van der Waals surface area (Å²) in [5.74, 6) is 1.56. The summed E-state index contributed by atoms with van der Waals surface area (Å²) in [6, 6.07) is 0.441. The number of amides is 1. The Hall–Kier alpha value is -0.610. The van der Waals surface area contributed by atoms with Gasteiger partial charge in [-0.05, 0) is 18.8 Å². The smallest absolute Gasteiger partial charge is 0.230 e. The third-order valence-corrected chi connectivity index (χ3v) is 6.00. The van der Waals surface area contributed by atoms with Crippen LogP contribution >= 0.6 is 24.0 Å². The number of halogens is 1. The molecule has 1 saturated heterocycles. The van der Waals surface area contributed by atoms with Crippen molar-refractivity contribution in [2.45, 2.75) is 45.6 Å². The molecule has 1 amide bonds. The first-order chi connectivity index (χ1) is 12.9. The molecule has 28 heavy (non-hydrogen) atoms. The van der Waals surface area contributed by atoms with E-state index in [0.29, 0.717) is 18.5 Å². The van der Waals surface area contributed by atoms with Crippen LogP contribution in [0.15, 0.2) is 4.99 Å². The van der Waals surface area contributed by atoms with Gasteiger partial charge in [-0.15, -0.1) is 24.0 Å². The van der Waals surface area contributed by atoms with Gasteiger partial charge in [0.15, 0.2) is 5.96 Å². The highest BCUT2D eigenvalue weighted by molar-refractivity contribution is 14.0. The van der Waals surface area contributed by atoms with E-state index in [1.54, 1.807) is 11.9 Å². The lowest BCUT2D eigenvalue weighted by molar-refractivity contribution is -0.138. The topological polar surface area (TPSA) is 69.2 Å². The Kier molecular flexibility index (Phi) is 11.1. The zero-order chi connectivity index (χ0) is 19.9. The zero-order valence-corrected chi connectivity index (χ0v) is 20.6. The maximum absolute atomic E-state index is 12.7. The number of carbonyl (C=O) groups is 1. The first-order valence-electron chi connectivity index (χ1n) is 10.4. The van der Waals surface area contributed by atoms with E-state index in [2.05, 4.69) is 34.4 Å². The maximum Gasteiger partial charge on any atom is 0.230 e. The summed E-state index contributed by atoms with van der Waals surface area (Å²) in [5, 5.41) is 6.92. The molecule has 0 aromatic heterocycles. The fraction of sp³-hybridized carbons (Fsp3) is 0.900. The molecule has 1 atom stereocenters. The van der Waals surface area contributed by atoms with Crippen LogP contribution < -0.4 is 10.6 Å². The quantitative estimate of drug-likeness (QED) is 0.311. The predicted octanol–water partition coefficient (Wildman–Crippen LogP) is 1.77. The molecule has 0 bridgehead atoms. The molecule has 0 aromatic carbocycles. The van der Waals surface area contributed by atoms with Crippen LogP contribution in [0.2, 0.25) is 0 Å². The molecular formula is C20H40IN5O2. The molecule has 164 valence electrons. The number of hydrogen-bond donors (Lipinski definition) is 2. The van der Waals surface area contributed by atoms with Crippen LogP contribution in [-0.2, 0) is 9.53 Å². The van der Waals surface area contributed by atoms with E-state index in [1.165, 1.54) is 0 Å². The second-order valence-electron chi connectivity index (χ2n) is 8.45. The van der Waals surface area contributed by atoms with Crippen LogP contribution in [0.5, 0.6) is 0 Å². The van der Waals surface area contributed by atoms with Crippen molar-refractivity contribution in [1.29, 1.82) is 0 Å². The highest BCUT2D eigenvalue weighted by atomic mass is 127. The van der Waals surface area contributed by atoms with E-state index in [4.69, 9.17) is 4.74 Å². The predicted molar refractivity (Wildman–Crippen MR) is 125 cm³/mol. The van der Waals surface area contributed by atoms with Crippen molar-refractivity contribution < 1.29 is 9.53 Å². The van der Waals surface area contributed by atoms with E-state index < -0.39 is 0 Å². The van der Waals surface area contributed by atoms with E-state index in [-0.39, 0.29) is 35.3 Å². The summed E-state index contributed by atoms with van der Waals surface area (Å²) < 4.78 is 5.49. The lowest BCUT2D eigenvalue weighted by Gasteiger charge is -2.37. The minimum Gasteiger partial charge on any atom is -0.379 e. The molecule has 0 spiro atoms. The number of carbonyl (C=O) groups excluding carboxylic acids is 1. The van der Waals surface area contributed by atoms with E-state index >= 15 is 0 Å². The Morgan fingerprint density at radius 3 is 2.29 bits per heavy atom. The highest BCUT2D eigenvalue weighted by Crippen LogP contribution is 2.38. The minimum absolute atomic E-state index is 0. The molecule has 1 saturated carbocycles. The van der Waals surface area contributed by atoms with Crippen molar-refractivity contribution in [3.05, 3.63) is 0 Å². The number of guanidine groups is 1. The summed E-state index contributed by atoms with van der Waals surface area (Å²) in [6.07, 6.45) is 4.16. The Morgan fingerprint density at radius 1 is 1.18 bits per heavy atom. The summed E-state index contributed by atoms with van der Waals surface area (Å²) in [7, 11) is 5.50. The lowest BCUT2D eigenvalue weighted by Crippen LogP contribution is -2.54.